The highest BCUT2D eigenvalue weighted by atomic mass is 35.7. The summed E-state index contributed by atoms with van der Waals surface area (Å²) >= 11 is 0. The van der Waals surface area contributed by atoms with Crippen LogP contribution in [-0.2, 0) is 18.6 Å². The molecule has 1 heterocycles. The molecule has 0 radical (unpaired) electrons. The van der Waals surface area contributed by atoms with E-state index in [-0.39, 0.29) is 17.4 Å². The van der Waals surface area contributed by atoms with Gasteiger partial charge in [0.2, 0.25) is 0 Å². The highest BCUT2D eigenvalue weighted by Crippen LogP contribution is 2.23. The number of aryl methyl sites for hydroxylation is 1. The average molecular weight is 334 g/mol. The topological polar surface area (TPSA) is 72.9 Å². The lowest BCUT2D eigenvalue weighted by molar-refractivity contribution is -0.137. The summed E-state index contributed by atoms with van der Waals surface area (Å²) in [5.74, 6) is 0.340. The maximum Gasteiger partial charge on any atom is 0.261 e. The molecule has 1 aliphatic heterocycles. The first kappa shape index (κ1) is 16.1. The van der Waals surface area contributed by atoms with Crippen molar-refractivity contribution in [3.05, 3.63) is 23.8 Å². The molecule has 21 heavy (non-hydrogen) atoms. The van der Waals surface area contributed by atoms with Gasteiger partial charge in [-0.05, 0) is 30.7 Å². The van der Waals surface area contributed by atoms with E-state index >= 15 is 0 Å². The second-order valence-electron chi connectivity index (χ2n) is 4.65. The van der Waals surface area contributed by atoms with Gasteiger partial charge in [0.1, 0.15) is 5.75 Å². The van der Waals surface area contributed by atoms with Crippen LogP contribution >= 0.6 is 10.7 Å². The van der Waals surface area contributed by atoms with Gasteiger partial charge in [-0.25, -0.2) is 8.42 Å². The predicted octanol–water partition coefficient (Wildman–Crippen LogP) is 1.16. The van der Waals surface area contributed by atoms with Crippen molar-refractivity contribution in [2.24, 2.45) is 0 Å². The van der Waals surface area contributed by atoms with Gasteiger partial charge >= 0.3 is 0 Å². The molecule has 0 aromatic heterocycles. The number of benzene rings is 1. The van der Waals surface area contributed by atoms with E-state index in [0.717, 1.165) is 0 Å². The maximum absolute atomic E-state index is 11.9. The van der Waals surface area contributed by atoms with Gasteiger partial charge in [0.05, 0.1) is 18.1 Å². The fourth-order valence-corrected chi connectivity index (χ4v) is 2.82. The van der Waals surface area contributed by atoms with Crippen molar-refractivity contribution in [3.8, 4) is 5.75 Å². The molecule has 8 heteroatoms. The van der Waals surface area contributed by atoms with Crippen LogP contribution in [0, 0.1) is 6.92 Å². The molecule has 0 bridgehead atoms. The van der Waals surface area contributed by atoms with E-state index < -0.39 is 9.05 Å². The molecule has 0 aliphatic carbocycles. The third-order valence-corrected chi connectivity index (χ3v) is 4.49. The van der Waals surface area contributed by atoms with Crippen molar-refractivity contribution < 1.29 is 22.7 Å². The van der Waals surface area contributed by atoms with Gasteiger partial charge in [-0.1, -0.05) is 0 Å². The second kappa shape index (κ2) is 6.64. The monoisotopic (exact) mass is 333 g/mol. The van der Waals surface area contributed by atoms with Crippen molar-refractivity contribution >= 4 is 25.6 Å². The lowest BCUT2D eigenvalue weighted by Gasteiger charge is -2.26. The number of carbonyl (C=O) groups excluding carboxylic acids is 1. The third kappa shape index (κ3) is 4.33. The number of rotatable bonds is 4. The van der Waals surface area contributed by atoms with E-state index in [1.807, 2.05) is 0 Å². The van der Waals surface area contributed by atoms with Crippen molar-refractivity contribution in [3.63, 3.8) is 0 Å². The van der Waals surface area contributed by atoms with Crippen LogP contribution in [0.2, 0.25) is 0 Å². The van der Waals surface area contributed by atoms with Crippen LogP contribution in [0.25, 0.3) is 0 Å². The first-order valence-corrected chi connectivity index (χ1v) is 8.72. The highest BCUT2D eigenvalue weighted by Gasteiger charge is 2.18. The van der Waals surface area contributed by atoms with Crippen LogP contribution in [0.4, 0.5) is 0 Å². The smallest absolute Gasteiger partial charge is 0.261 e. The Hall–Kier alpha value is -1.31. The number of amides is 1. The number of halogens is 1. The van der Waals surface area contributed by atoms with E-state index in [9.17, 15) is 13.2 Å². The Labute approximate surface area is 128 Å². The largest absolute Gasteiger partial charge is 0.483 e. The molecule has 1 amide bonds. The Morgan fingerprint density at radius 3 is 2.62 bits per heavy atom. The van der Waals surface area contributed by atoms with Crippen LogP contribution in [0.15, 0.2) is 23.1 Å². The van der Waals surface area contributed by atoms with Crippen LogP contribution in [-0.4, -0.2) is 52.1 Å². The van der Waals surface area contributed by atoms with E-state index in [4.69, 9.17) is 20.2 Å². The minimum atomic E-state index is -3.76. The number of hydrogen-bond acceptors (Lipinski definition) is 5. The summed E-state index contributed by atoms with van der Waals surface area (Å²) in [6, 6.07) is 4.26. The molecule has 6 nitrogen and oxygen atoms in total. The molecule has 0 spiro atoms. The fourth-order valence-electron chi connectivity index (χ4n) is 1.98. The summed E-state index contributed by atoms with van der Waals surface area (Å²) < 4.78 is 33.1. The number of ether oxygens (including phenoxy) is 2. The number of hydrogen-bond donors (Lipinski definition) is 0. The lowest BCUT2D eigenvalue weighted by Crippen LogP contribution is -2.43. The fraction of sp³-hybridized carbons (Fsp3) is 0.462. The SMILES string of the molecule is Cc1cc(S(=O)(=O)Cl)ccc1OCC(=O)N1CCOCC1. The van der Waals surface area contributed by atoms with Crippen LogP contribution in [0.3, 0.4) is 0 Å². The van der Waals surface area contributed by atoms with Crippen molar-refractivity contribution in [1.29, 1.82) is 0 Å². The zero-order chi connectivity index (χ0) is 15.5. The highest BCUT2D eigenvalue weighted by molar-refractivity contribution is 8.13. The summed E-state index contributed by atoms with van der Waals surface area (Å²) in [4.78, 5) is 13.6. The average Bonchev–Trinajstić information content (AvgIpc) is 2.45. The Morgan fingerprint density at radius 2 is 2.05 bits per heavy atom. The summed E-state index contributed by atoms with van der Waals surface area (Å²) in [6.07, 6.45) is 0. The first-order chi connectivity index (χ1) is 9.88. The summed E-state index contributed by atoms with van der Waals surface area (Å²) in [5, 5.41) is 0. The Balaban J connectivity index is 1.98. The van der Waals surface area contributed by atoms with E-state index in [1.54, 1.807) is 11.8 Å². The Kier molecular flexibility index (Phi) is 5.08. The van der Waals surface area contributed by atoms with Gasteiger partial charge in [-0.3, -0.25) is 4.79 Å². The molecule has 1 aromatic carbocycles. The number of carbonyl (C=O) groups is 1. The number of morpholine rings is 1. The molecular weight excluding hydrogens is 318 g/mol. The van der Waals surface area contributed by atoms with Crippen molar-refractivity contribution in [2.45, 2.75) is 11.8 Å². The van der Waals surface area contributed by atoms with Crippen molar-refractivity contribution in [2.75, 3.05) is 32.9 Å². The molecule has 0 unspecified atom stereocenters. The van der Waals surface area contributed by atoms with Gasteiger partial charge in [0.25, 0.3) is 15.0 Å². The van der Waals surface area contributed by atoms with Crippen LogP contribution < -0.4 is 4.74 Å². The number of nitrogens with zero attached hydrogens (tertiary/aromatic N) is 1. The minimum absolute atomic E-state index is 0.00789. The zero-order valence-corrected chi connectivity index (χ0v) is 13.1. The van der Waals surface area contributed by atoms with E-state index in [2.05, 4.69) is 0 Å². The predicted molar refractivity (Wildman–Crippen MR) is 77.1 cm³/mol. The molecule has 0 N–H and O–H groups in total. The van der Waals surface area contributed by atoms with Crippen LogP contribution in [0.5, 0.6) is 5.75 Å². The molecule has 1 aliphatic rings. The molecule has 1 fully saturated rings. The summed E-state index contributed by atoms with van der Waals surface area (Å²) in [5.41, 5.74) is 0.603. The second-order valence-corrected chi connectivity index (χ2v) is 7.21. The summed E-state index contributed by atoms with van der Waals surface area (Å²) in [7, 11) is 1.51. The summed E-state index contributed by atoms with van der Waals surface area (Å²) in [6.45, 7) is 3.79. The molecule has 0 atom stereocenters. The van der Waals surface area contributed by atoms with Gasteiger partial charge in [-0.15, -0.1) is 0 Å². The molecule has 2 rings (SSSR count). The normalized spacial score (nSPS) is 15.8. The Bertz CT molecular complexity index is 625. The molecule has 1 aromatic rings. The molecular formula is C13H16ClNO5S. The van der Waals surface area contributed by atoms with Gasteiger partial charge in [0, 0.05) is 23.8 Å². The third-order valence-electron chi connectivity index (χ3n) is 3.14. The van der Waals surface area contributed by atoms with Gasteiger partial charge < -0.3 is 14.4 Å². The zero-order valence-electron chi connectivity index (χ0n) is 11.5. The minimum Gasteiger partial charge on any atom is -0.483 e. The van der Waals surface area contributed by atoms with Crippen molar-refractivity contribution in [1.82, 2.24) is 4.90 Å². The van der Waals surface area contributed by atoms with E-state index in [0.29, 0.717) is 37.6 Å². The quantitative estimate of drug-likeness (QED) is 0.773. The standard InChI is InChI=1S/C13H16ClNO5S/c1-10-8-11(21(14,17)18)2-3-12(10)20-9-13(16)15-4-6-19-7-5-15/h2-3,8H,4-7,9H2,1H3. The Morgan fingerprint density at radius 1 is 1.38 bits per heavy atom. The van der Waals surface area contributed by atoms with Crippen LogP contribution in [0.1, 0.15) is 5.56 Å². The molecule has 1 saturated heterocycles. The molecule has 116 valence electrons. The molecule has 0 saturated carbocycles. The lowest BCUT2D eigenvalue weighted by atomic mass is 10.2. The van der Waals surface area contributed by atoms with Gasteiger partial charge in [0.15, 0.2) is 6.61 Å². The van der Waals surface area contributed by atoms with Gasteiger partial charge in [-0.2, -0.15) is 0 Å². The van der Waals surface area contributed by atoms with E-state index in [1.165, 1.54) is 18.2 Å². The first-order valence-electron chi connectivity index (χ1n) is 6.41. The maximum atomic E-state index is 11.9.